The van der Waals surface area contributed by atoms with Gasteiger partial charge in [-0.3, -0.25) is 4.68 Å². The second-order valence-electron chi connectivity index (χ2n) is 8.61. The zero-order valence-corrected chi connectivity index (χ0v) is 18.8. The van der Waals surface area contributed by atoms with E-state index in [-0.39, 0.29) is 12.5 Å². The van der Waals surface area contributed by atoms with Gasteiger partial charge in [-0.15, -0.1) is 0 Å². The van der Waals surface area contributed by atoms with Gasteiger partial charge < -0.3 is 19.5 Å². The first kappa shape index (κ1) is 22.0. The Morgan fingerprint density at radius 2 is 2.15 bits per heavy atom. The maximum absolute atomic E-state index is 14.4. The molecule has 10 heteroatoms. The van der Waals surface area contributed by atoms with Crippen molar-refractivity contribution in [2.45, 2.75) is 25.8 Å². The van der Waals surface area contributed by atoms with Crippen molar-refractivity contribution in [1.29, 1.82) is 0 Å². The maximum Gasteiger partial charge on any atom is 0.250 e. The SMILES string of the molecule is COc1ncc(-n2nc(-c3cnn(CC4CCN(CCO)C4)c3)c3c2CCOCC3)cc1F. The first-order chi connectivity index (χ1) is 16.2. The fraction of sp³-hybridized carbons (Fsp3) is 0.522. The molecule has 0 spiro atoms. The average Bonchev–Trinajstić information content (AvgIpc) is 3.50. The molecule has 9 nitrogen and oxygen atoms in total. The number of aromatic nitrogens is 5. The van der Waals surface area contributed by atoms with Crippen LogP contribution in [0.4, 0.5) is 4.39 Å². The number of aliphatic hydroxyl groups is 1. The lowest BCUT2D eigenvalue weighted by Crippen LogP contribution is -2.25. The van der Waals surface area contributed by atoms with Crippen LogP contribution in [0.25, 0.3) is 16.9 Å². The van der Waals surface area contributed by atoms with E-state index in [2.05, 4.69) is 15.0 Å². The molecule has 3 aromatic rings. The van der Waals surface area contributed by atoms with Gasteiger partial charge in [-0.25, -0.2) is 14.1 Å². The lowest BCUT2D eigenvalue weighted by Gasteiger charge is -2.14. The molecular formula is C23H29FN6O3. The van der Waals surface area contributed by atoms with Gasteiger partial charge in [-0.1, -0.05) is 0 Å². The molecule has 1 saturated heterocycles. The highest BCUT2D eigenvalue weighted by atomic mass is 19.1. The van der Waals surface area contributed by atoms with Gasteiger partial charge in [-0.05, 0) is 25.3 Å². The first-order valence-corrected chi connectivity index (χ1v) is 11.4. The summed E-state index contributed by atoms with van der Waals surface area (Å²) in [4.78, 5) is 6.37. The molecule has 5 rings (SSSR count). The van der Waals surface area contributed by atoms with E-state index in [0.717, 1.165) is 61.5 Å². The third-order valence-electron chi connectivity index (χ3n) is 6.44. The third kappa shape index (κ3) is 4.50. The molecule has 176 valence electrons. The van der Waals surface area contributed by atoms with Gasteiger partial charge in [0.25, 0.3) is 0 Å². The van der Waals surface area contributed by atoms with Crippen molar-refractivity contribution < 1.29 is 19.0 Å². The highest BCUT2D eigenvalue weighted by molar-refractivity contribution is 5.64. The fourth-order valence-corrected chi connectivity index (χ4v) is 4.83. The van der Waals surface area contributed by atoms with Crippen LogP contribution in [0.3, 0.4) is 0 Å². The van der Waals surface area contributed by atoms with Crippen LogP contribution in [0.5, 0.6) is 5.88 Å². The number of pyridine rings is 1. The Morgan fingerprint density at radius 1 is 1.27 bits per heavy atom. The summed E-state index contributed by atoms with van der Waals surface area (Å²) in [7, 11) is 1.40. The van der Waals surface area contributed by atoms with Crippen LogP contribution in [0, 0.1) is 11.7 Å². The molecule has 2 aliphatic heterocycles. The predicted octanol–water partition coefficient (Wildman–Crippen LogP) is 1.71. The van der Waals surface area contributed by atoms with Gasteiger partial charge in [0.2, 0.25) is 5.88 Å². The van der Waals surface area contributed by atoms with Crippen molar-refractivity contribution in [1.82, 2.24) is 29.4 Å². The summed E-state index contributed by atoms with van der Waals surface area (Å²) in [6, 6.07) is 1.40. The lowest BCUT2D eigenvalue weighted by atomic mass is 10.0. The molecule has 0 radical (unpaired) electrons. The van der Waals surface area contributed by atoms with Gasteiger partial charge in [0.05, 0.1) is 56.4 Å². The van der Waals surface area contributed by atoms with E-state index in [4.69, 9.17) is 19.7 Å². The minimum absolute atomic E-state index is 0.0358. The van der Waals surface area contributed by atoms with Crippen LogP contribution in [-0.4, -0.2) is 81.1 Å². The minimum atomic E-state index is -0.523. The Balaban J connectivity index is 1.44. The molecule has 0 aliphatic carbocycles. The molecule has 1 fully saturated rings. The monoisotopic (exact) mass is 456 g/mol. The van der Waals surface area contributed by atoms with E-state index in [1.807, 2.05) is 17.1 Å². The van der Waals surface area contributed by atoms with E-state index >= 15 is 0 Å². The van der Waals surface area contributed by atoms with Gasteiger partial charge in [0, 0.05) is 49.4 Å². The average molecular weight is 457 g/mol. The molecule has 1 N–H and O–H groups in total. The number of fused-ring (bicyclic) bond motifs is 1. The van der Waals surface area contributed by atoms with Gasteiger partial charge in [0.1, 0.15) is 0 Å². The molecule has 2 aliphatic rings. The van der Waals surface area contributed by atoms with E-state index in [0.29, 0.717) is 31.2 Å². The number of hydrogen-bond acceptors (Lipinski definition) is 7. The third-order valence-corrected chi connectivity index (χ3v) is 6.44. The van der Waals surface area contributed by atoms with Crippen LogP contribution >= 0.6 is 0 Å². The summed E-state index contributed by atoms with van der Waals surface area (Å²) < 4.78 is 28.8. The maximum atomic E-state index is 14.4. The molecule has 3 aromatic heterocycles. The number of rotatable bonds is 7. The summed E-state index contributed by atoms with van der Waals surface area (Å²) in [5.74, 6) is -0.0442. The van der Waals surface area contributed by atoms with E-state index < -0.39 is 5.82 Å². The van der Waals surface area contributed by atoms with Crippen LogP contribution in [-0.2, 0) is 24.1 Å². The smallest absolute Gasteiger partial charge is 0.250 e. The largest absolute Gasteiger partial charge is 0.479 e. The molecule has 1 atom stereocenters. The van der Waals surface area contributed by atoms with Crippen molar-refractivity contribution in [3.05, 3.63) is 41.7 Å². The summed E-state index contributed by atoms with van der Waals surface area (Å²) in [5, 5.41) is 18.6. The lowest BCUT2D eigenvalue weighted by molar-refractivity contribution is 0.145. The number of halogens is 1. The van der Waals surface area contributed by atoms with E-state index in [9.17, 15) is 4.39 Å². The van der Waals surface area contributed by atoms with Gasteiger partial charge >= 0.3 is 0 Å². The first-order valence-electron chi connectivity index (χ1n) is 11.4. The van der Waals surface area contributed by atoms with Crippen LogP contribution in [0.15, 0.2) is 24.7 Å². The standard InChI is InChI=1S/C23H29FN6O3/c1-32-23-20(24)10-18(12-25-23)30-21-4-9-33-8-3-19(21)22(27-30)17-11-26-29(15-17)14-16-2-5-28(13-16)6-7-31/h10-12,15-16,31H,2-9,13-14H2,1H3. The van der Waals surface area contributed by atoms with E-state index in [1.165, 1.54) is 13.2 Å². The molecular weight excluding hydrogens is 427 g/mol. The van der Waals surface area contributed by atoms with Crippen LogP contribution in [0.1, 0.15) is 17.7 Å². The van der Waals surface area contributed by atoms with Crippen LogP contribution < -0.4 is 4.74 Å². The predicted molar refractivity (Wildman–Crippen MR) is 119 cm³/mol. The number of likely N-dealkylation sites (tertiary alicyclic amines) is 1. The number of hydrogen-bond donors (Lipinski definition) is 1. The van der Waals surface area contributed by atoms with Crippen molar-refractivity contribution in [3.63, 3.8) is 0 Å². The highest BCUT2D eigenvalue weighted by Gasteiger charge is 2.25. The summed E-state index contributed by atoms with van der Waals surface area (Å²) >= 11 is 0. The number of nitrogens with zero attached hydrogens (tertiary/aromatic N) is 6. The summed E-state index contributed by atoms with van der Waals surface area (Å²) in [5.41, 5.74) is 4.47. The van der Waals surface area contributed by atoms with Crippen molar-refractivity contribution in [3.8, 4) is 22.8 Å². The van der Waals surface area contributed by atoms with Crippen molar-refractivity contribution >= 4 is 0 Å². The summed E-state index contributed by atoms with van der Waals surface area (Å²) in [6.07, 6.45) is 8.00. The van der Waals surface area contributed by atoms with Gasteiger partial charge in [0.15, 0.2) is 5.82 Å². The zero-order valence-electron chi connectivity index (χ0n) is 18.8. The molecule has 1 unspecified atom stereocenters. The molecule has 0 bridgehead atoms. The minimum Gasteiger partial charge on any atom is -0.479 e. The molecule has 0 saturated carbocycles. The number of β-amino-alcohol motifs (C(OH)–C–C–N with tert-alkyl or cyclic N) is 1. The number of aliphatic hydroxyl groups excluding tert-OH is 1. The quantitative estimate of drug-likeness (QED) is 0.579. The Hall–Kier alpha value is -2.82. The molecule has 0 aromatic carbocycles. The second-order valence-corrected chi connectivity index (χ2v) is 8.61. The number of methoxy groups -OCH3 is 1. The fourth-order valence-electron chi connectivity index (χ4n) is 4.83. The highest BCUT2D eigenvalue weighted by Crippen LogP contribution is 2.31. The summed E-state index contributed by atoms with van der Waals surface area (Å²) in [6.45, 7) is 4.97. The van der Waals surface area contributed by atoms with Crippen molar-refractivity contribution in [2.24, 2.45) is 5.92 Å². The van der Waals surface area contributed by atoms with Gasteiger partial charge in [-0.2, -0.15) is 10.2 Å². The topological polar surface area (TPSA) is 90.5 Å². The Bertz CT molecular complexity index is 1110. The van der Waals surface area contributed by atoms with Crippen LogP contribution in [0.2, 0.25) is 0 Å². The molecule has 5 heterocycles. The number of ether oxygens (including phenoxy) is 2. The van der Waals surface area contributed by atoms with E-state index in [1.54, 1.807) is 10.9 Å². The molecule has 0 amide bonds. The second kappa shape index (κ2) is 9.58. The van der Waals surface area contributed by atoms with Crippen molar-refractivity contribution in [2.75, 3.05) is 46.6 Å². The zero-order chi connectivity index (χ0) is 22.8. The Morgan fingerprint density at radius 3 is 2.97 bits per heavy atom. The Labute approximate surface area is 191 Å². The Kier molecular flexibility index (Phi) is 6.39. The molecule has 33 heavy (non-hydrogen) atoms. The normalized spacial score (nSPS) is 18.9.